The molecule has 1 aliphatic rings. The molecule has 0 aliphatic carbocycles. The molecular formula is C23H31FN2O3S. The monoisotopic (exact) mass is 434 g/mol. The van der Waals surface area contributed by atoms with E-state index in [9.17, 15) is 9.90 Å². The maximum absolute atomic E-state index is 15.2. The highest BCUT2D eigenvalue weighted by atomic mass is 32.2. The normalized spacial score (nSPS) is 20.9. The molecule has 30 heavy (non-hydrogen) atoms. The first-order valence-corrected chi connectivity index (χ1v) is 11.9. The average molecular weight is 435 g/mol. The second kappa shape index (κ2) is 11.0. The topological polar surface area (TPSA) is 62.7 Å². The molecule has 3 atom stereocenters. The maximum Gasteiger partial charge on any atom is 0.308 e. The third kappa shape index (κ3) is 5.64. The minimum Gasteiger partial charge on any atom is -0.497 e. The maximum atomic E-state index is 15.2. The van der Waals surface area contributed by atoms with Crippen molar-refractivity contribution in [3.8, 4) is 5.75 Å². The largest absolute Gasteiger partial charge is 0.497 e. The van der Waals surface area contributed by atoms with Gasteiger partial charge in [-0.2, -0.15) is 11.8 Å². The number of hydrogen-bond donors (Lipinski definition) is 1. The van der Waals surface area contributed by atoms with Gasteiger partial charge in [0.05, 0.1) is 18.5 Å². The Morgan fingerprint density at radius 3 is 3.00 bits per heavy atom. The van der Waals surface area contributed by atoms with Gasteiger partial charge in [0.2, 0.25) is 0 Å². The summed E-state index contributed by atoms with van der Waals surface area (Å²) < 4.78 is 20.5. The smallest absolute Gasteiger partial charge is 0.308 e. The van der Waals surface area contributed by atoms with Gasteiger partial charge in [-0.05, 0) is 86.5 Å². The third-order valence-corrected chi connectivity index (χ3v) is 6.79. The minimum atomic E-state index is -1.16. The molecular weight excluding hydrogens is 403 g/mol. The first-order valence-electron chi connectivity index (χ1n) is 10.5. The zero-order chi connectivity index (χ0) is 21.5. The second-order valence-electron chi connectivity index (χ2n) is 7.97. The fourth-order valence-electron chi connectivity index (χ4n) is 4.39. The molecule has 1 aromatic carbocycles. The first kappa shape index (κ1) is 22.8. The highest BCUT2D eigenvalue weighted by molar-refractivity contribution is 7.98. The van der Waals surface area contributed by atoms with Gasteiger partial charge in [-0.15, -0.1) is 0 Å². The van der Waals surface area contributed by atoms with E-state index in [4.69, 9.17) is 4.74 Å². The molecule has 7 heteroatoms. The van der Waals surface area contributed by atoms with E-state index in [-0.39, 0.29) is 5.92 Å². The van der Waals surface area contributed by atoms with E-state index in [1.165, 1.54) is 0 Å². The summed E-state index contributed by atoms with van der Waals surface area (Å²) in [6.45, 7) is 2.41. The number of aromatic nitrogens is 1. The predicted octanol–water partition coefficient (Wildman–Crippen LogP) is 4.81. The van der Waals surface area contributed by atoms with Gasteiger partial charge in [0.1, 0.15) is 11.9 Å². The van der Waals surface area contributed by atoms with Crippen LogP contribution in [0.15, 0.2) is 30.5 Å². The number of carboxylic acids is 1. The summed E-state index contributed by atoms with van der Waals surface area (Å²) >= 11 is 1.81. The van der Waals surface area contributed by atoms with Gasteiger partial charge in [-0.1, -0.05) is 0 Å². The van der Waals surface area contributed by atoms with E-state index in [1.807, 2.05) is 30.0 Å². The van der Waals surface area contributed by atoms with Gasteiger partial charge in [-0.25, -0.2) is 4.39 Å². The third-order valence-electron chi connectivity index (χ3n) is 6.09. The van der Waals surface area contributed by atoms with Crippen LogP contribution < -0.4 is 4.74 Å². The SMILES string of the molecule is COc1ccc2nccc([C@@H](F)CC[C@@H]3CCN(CCCSC)C[C@@H]3C(=O)O)c2c1. The zero-order valence-corrected chi connectivity index (χ0v) is 18.5. The molecule has 164 valence electrons. The van der Waals surface area contributed by atoms with Crippen molar-refractivity contribution in [3.63, 3.8) is 0 Å². The average Bonchev–Trinajstić information content (AvgIpc) is 2.77. The number of hydrogen-bond acceptors (Lipinski definition) is 5. The van der Waals surface area contributed by atoms with Gasteiger partial charge in [0.15, 0.2) is 0 Å². The van der Waals surface area contributed by atoms with Crippen molar-refractivity contribution in [2.75, 3.05) is 38.8 Å². The van der Waals surface area contributed by atoms with Crippen LogP contribution in [0.25, 0.3) is 10.9 Å². The molecule has 0 amide bonds. The van der Waals surface area contributed by atoms with Crippen LogP contribution in [0, 0.1) is 11.8 Å². The molecule has 1 aliphatic heterocycles. The lowest BCUT2D eigenvalue weighted by Crippen LogP contribution is -2.44. The molecule has 0 radical (unpaired) electrons. The van der Waals surface area contributed by atoms with Crippen molar-refractivity contribution in [3.05, 3.63) is 36.0 Å². The molecule has 2 heterocycles. The van der Waals surface area contributed by atoms with E-state index in [0.717, 1.165) is 42.6 Å². The second-order valence-corrected chi connectivity index (χ2v) is 8.95. The van der Waals surface area contributed by atoms with E-state index >= 15 is 4.39 Å². The van der Waals surface area contributed by atoms with Gasteiger partial charge in [0.25, 0.3) is 0 Å². The van der Waals surface area contributed by atoms with E-state index in [1.54, 1.807) is 19.4 Å². The molecule has 5 nitrogen and oxygen atoms in total. The molecule has 3 rings (SSSR count). The number of alkyl halides is 1. The lowest BCUT2D eigenvalue weighted by Gasteiger charge is -2.36. The molecule has 0 unspecified atom stereocenters. The van der Waals surface area contributed by atoms with E-state index < -0.39 is 18.1 Å². The number of piperidine rings is 1. The molecule has 1 saturated heterocycles. The Morgan fingerprint density at radius 1 is 1.43 bits per heavy atom. The number of aliphatic carboxylic acids is 1. The Morgan fingerprint density at radius 2 is 2.27 bits per heavy atom. The van der Waals surface area contributed by atoms with Gasteiger partial charge >= 0.3 is 5.97 Å². The van der Waals surface area contributed by atoms with Crippen LogP contribution in [0.1, 0.15) is 37.4 Å². The molecule has 0 bridgehead atoms. The number of ether oxygens (including phenoxy) is 1. The van der Waals surface area contributed by atoms with Crippen LogP contribution in [-0.4, -0.2) is 59.7 Å². The number of likely N-dealkylation sites (tertiary alicyclic amines) is 1. The molecule has 0 saturated carbocycles. The lowest BCUT2D eigenvalue weighted by atomic mass is 9.81. The van der Waals surface area contributed by atoms with Gasteiger partial charge in [0, 0.05) is 18.1 Å². The lowest BCUT2D eigenvalue weighted by molar-refractivity contribution is -0.146. The molecule has 2 aromatic rings. The number of pyridine rings is 1. The van der Waals surface area contributed by atoms with Crippen LogP contribution >= 0.6 is 11.8 Å². The fraction of sp³-hybridized carbons (Fsp3) is 0.565. The summed E-state index contributed by atoms with van der Waals surface area (Å²) in [5.74, 6) is 0.591. The minimum absolute atomic E-state index is 0.0141. The highest BCUT2D eigenvalue weighted by Gasteiger charge is 2.34. The standard InChI is InChI=1S/C23H31FN2O3S/c1-29-17-5-7-22-19(14-17)18(8-10-25-22)21(24)6-4-16-9-12-26(11-3-13-30-2)15-20(16)23(27)28/h5,7-8,10,14,16,20-21H,3-4,6,9,11-13,15H2,1-2H3,(H,27,28)/t16-,20+,21+/m1/s1. The quantitative estimate of drug-likeness (QED) is 0.542. The van der Waals surface area contributed by atoms with Gasteiger partial charge < -0.3 is 14.7 Å². The van der Waals surface area contributed by atoms with Crippen molar-refractivity contribution in [1.82, 2.24) is 9.88 Å². The number of fused-ring (bicyclic) bond motifs is 1. The van der Waals surface area contributed by atoms with E-state index in [2.05, 4.69) is 16.1 Å². The summed E-state index contributed by atoms with van der Waals surface area (Å²) in [6.07, 6.45) is 5.33. The summed E-state index contributed by atoms with van der Waals surface area (Å²) in [6, 6.07) is 7.18. The number of benzene rings is 1. The zero-order valence-electron chi connectivity index (χ0n) is 17.7. The number of thioether (sulfide) groups is 1. The Kier molecular flexibility index (Phi) is 8.33. The fourth-order valence-corrected chi connectivity index (χ4v) is 4.81. The van der Waals surface area contributed by atoms with Crippen molar-refractivity contribution in [2.45, 2.75) is 31.9 Å². The summed E-state index contributed by atoms with van der Waals surface area (Å²) in [5.41, 5.74) is 1.33. The van der Waals surface area contributed by atoms with Crippen LogP contribution in [0.3, 0.4) is 0 Å². The number of nitrogens with zero attached hydrogens (tertiary/aromatic N) is 2. The summed E-state index contributed by atoms with van der Waals surface area (Å²) in [5, 5.41) is 10.5. The predicted molar refractivity (Wildman–Crippen MR) is 120 cm³/mol. The van der Waals surface area contributed by atoms with Crippen molar-refractivity contribution in [1.29, 1.82) is 0 Å². The molecule has 1 fully saturated rings. The Labute approximate surface area is 182 Å². The van der Waals surface area contributed by atoms with Crippen LogP contribution in [0.2, 0.25) is 0 Å². The Hall–Kier alpha value is -1.86. The van der Waals surface area contributed by atoms with E-state index in [0.29, 0.717) is 30.7 Å². The van der Waals surface area contributed by atoms with Crippen molar-refractivity contribution < 1.29 is 19.0 Å². The summed E-state index contributed by atoms with van der Waals surface area (Å²) in [4.78, 5) is 18.4. The number of methoxy groups -OCH3 is 1. The van der Waals surface area contributed by atoms with Crippen LogP contribution in [-0.2, 0) is 4.79 Å². The van der Waals surface area contributed by atoms with Gasteiger partial charge in [-0.3, -0.25) is 9.78 Å². The van der Waals surface area contributed by atoms with Crippen molar-refractivity contribution in [2.24, 2.45) is 11.8 Å². The molecule has 1 N–H and O–H groups in total. The summed E-state index contributed by atoms with van der Waals surface area (Å²) in [7, 11) is 1.59. The molecule has 1 aromatic heterocycles. The first-order chi connectivity index (χ1) is 14.5. The Bertz CT molecular complexity index is 850. The number of rotatable bonds is 10. The number of halogens is 1. The molecule has 0 spiro atoms. The highest BCUT2D eigenvalue weighted by Crippen LogP contribution is 2.35. The number of carbonyl (C=O) groups is 1. The Balaban J connectivity index is 1.64. The van der Waals surface area contributed by atoms with Crippen LogP contribution in [0.5, 0.6) is 5.75 Å². The number of carboxylic acid groups (broad SMARTS) is 1. The van der Waals surface area contributed by atoms with Crippen LogP contribution in [0.4, 0.5) is 4.39 Å². The van der Waals surface area contributed by atoms with Crippen molar-refractivity contribution >= 4 is 28.6 Å².